The number of amides is 5. The molecule has 14 nitrogen and oxygen atoms in total. The summed E-state index contributed by atoms with van der Waals surface area (Å²) in [6.07, 6.45) is 7.99. The molecule has 0 bridgehead atoms. The van der Waals surface area contributed by atoms with Gasteiger partial charge >= 0.3 is 0 Å². The molecule has 4 aromatic rings. The number of anilines is 1. The quantitative estimate of drug-likeness (QED) is 0.189. The van der Waals surface area contributed by atoms with E-state index in [1.807, 2.05) is 48.9 Å². The lowest BCUT2D eigenvalue weighted by Crippen LogP contribution is -2.52. The highest BCUT2D eigenvalue weighted by Crippen LogP contribution is 2.30. The van der Waals surface area contributed by atoms with Crippen molar-refractivity contribution in [1.82, 2.24) is 35.4 Å². The summed E-state index contributed by atoms with van der Waals surface area (Å²) in [5.74, 6) is -0.892. The molecular weight excluding hydrogens is 662 g/mol. The molecule has 4 N–H and O–H groups in total. The molecule has 1 saturated heterocycles. The van der Waals surface area contributed by atoms with Crippen molar-refractivity contribution in [1.29, 1.82) is 5.26 Å². The zero-order valence-electron chi connectivity index (χ0n) is 28.9. The van der Waals surface area contributed by atoms with Gasteiger partial charge < -0.3 is 20.9 Å². The van der Waals surface area contributed by atoms with E-state index < -0.39 is 11.9 Å². The molecule has 52 heavy (non-hydrogen) atoms. The number of carbonyl (C=O) groups excluding carboxylic acids is 5. The van der Waals surface area contributed by atoms with Crippen molar-refractivity contribution in [2.45, 2.75) is 83.6 Å². The molecule has 1 saturated carbocycles. The fourth-order valence-electron chi connectivity index (χ4n) is 7.29. The molecule has 266 valence electrons. The average Bonchev–Trinajstić information content (AvgIpc) is 3.70. The normalized spacial score (nSPS) is 20.0. The van der Waals surface area contributed by atoms with Crippen molar-refractivity contribution in [3.8, 4) is 11.9 Å². The standard InChI is InChI=1S/C38H39N9O5/c1-21(2)43-30-15-32(46-12-11-25-14-23(16-39)18-41-34(25)46)40-19-29(30)36(50)44-27-6-4-24(5-7-27)35(49)42-17-22-3-8-28-26(13-22)20-47(38(28)52)31-9-10-33(48)45-37(31)51/h3,8,11-15,18-19,21,24,27,31H,4-7,9-10,17,20H2,1-2H3,(H,40,43)(H,42,49)(H,44,50)(H,45,48,51). The van der Waals surface area contributed by atoms with E-state index in [-0.39, 0.29) is 54.6 Å². The summed E-state index contributed by atoms with van der Waals surface area (Å²) in [5, 5.41) is 21.9. The molecule has 0 radical (unpaired) electrons. The van der Waals surface area contributed by atoms with Gasteiger partial charge in [-0.1, -0.05) is 12.1 Å². The number of hydrogen-bond acceptors (Lipinski definition) is 9. The molecule has 3 aliphatic rings. The minimum absolute atomic E-state index is 0.0504. The summed E-state index contributed by atoms with van der Waals surface area (Å²) in [5.41, 5.74) is 4.36. The number of aromatic nitrogens is 3. The minimum atomic E-state index is -0.674. The molecule has 1 aromatic carbocycles. The first-order valence-electron chi connectivity index (χ1n) is 17.6. The van der Waals surface area contributed by atoms with Gasteiger partial charge in [-0.05, 0) is 75.3 Å². The van der Waals surface area contributed by atoms with E-state index in [9.17, 15) is 29.2 Å². The zero-order chi connectivity index (χ0) is 36.5. The van der Waals surface area contributed by atoms with Crippen LogP contribution in [0.25, 0.3) is 16.9 Å². The van der Waals surface area contributed by atoms with Gasteiger partial charge in [-0.25, -0.2) is 9.97 Å². The van der Waals surface area contributed by atoms with Crippen LogP contribution < -0.4 is 21.3 Å². The van der Waals surface area contributed by atoms with Crippen LogP contribution in [0.5, 0.6) is 0 Å². The van der Waals surface area contributed by atoms with Crippen LogP contribution in [-0.4, -0.2) is 67.1 Å². The Balaban J connectivity index is 0.929. The Kier molecular flexibility index (Phi) is 9.42. The summed E-state index contributed by atoms with van der Waals surface area (Å²) in [7, 11) is 0. The number of rotatable bonds is 9. The Bertz CT molecular complexity index is 2140. The van der Waals surface area contributed by atoms with E-state index >= 15 is 0 Å². The Hall–Kier alpha value is -6.10. The Labute approximate surface area is 300 Å². The second kappa shape index (κ2) is 14.3. The molecule has 5 amide bonds. The minimum Gasteiger partial charge on any atom is -0.382 e. The van der Waals surface area contributed by atoms with Crippen LogP contribution >= 0.6 is 0 Å². The number of piperidine rings is 1. The van der Waals surface area contributed by atoms with Gasteiger partial charge in [0.2, 0.25) is 17.7 Å². The Morgan fingerprint density at radius 1 is 1.02 bits per heavy atom. The molecule has 2 aliphatic heterocycles. The van der Waals surface area contributed by atoms with Crippen LogP contribution in [0, 0.1) is 17.2 Å². The zero-order valence-corrected chi connectivity index (χ0v) is 28.9. The molecule has 14 heteroatoms. The van der Waals surface area contributed by atoms with Gasteiger partial charge in [0.15, 0.2) is 0 Å². The summed E-state index contributed by atoms with van der Waals surface area (Å²) < 4.78 is 1.82. The SMILES string of the molecule is CC(C)Nc1cc(-n2ccc3cc(C#N)cnc32)ncc1C(=O)NC1CCC(C(=O)NCc2ccc3c(c2)CN(C2CCC(=O)NC2=O)C3=O)CC1. The first-order chi connectivity index (χ1) is 25.1. The molecule has 1 aliphatic carbocycles. The van der Waals surface area contributed by atoms with Gasteiger partial charge in [-0.15, -0.1) is 0 Å². The van der Waals surface area contributed by atoms with Crippen LogP contribution in [0.3, 0.4) is 0 Å². The number of nitrogens with one attached hydrogen (secondary N) is 4. The monoisotopic (exact) mass is 701 g/mol. The first-order valence-corrected chi connectivity index (χ1v) is 17.6. The van der Waals surface area contributed by atoms with Gasteiger partial charge in [0.1, 0.15) is 23.6 Å². The third kappa shape index (κ3) is 6.94. The van der Waals surface area contributed by atoms with Crippen molar-refractivity contribution in [2.75, 3.05) is 5.32 Å². The fraction of sp³-hybridized carbons (Fsp3) is 0.368. The lowest BCUT2D eigenvalue weighted by atomic mass is 9.85. The molecular formula is C38H39N9O5. The van der Waals surface area contributed by atoms with Crippen LogP contribution in [0.15, 0.2) is 55.0 Å². The fourth-order valence-corrected chi connectivity index (χ4v) is 7.29. The van der Waals surface area contributed by atoms with E-state index in [2.05, 4.69) is 37.3 Å². The van der Waals surface area contributed by atoms with Crippen molar-refractivity contribution in [3.05, 3.63) is 82.8 Å². The Morgan fingerprint density at radius 2 is 1.83 bits per heavy atom. The maximum Gasteiger partial charge on any atom is 0.255 e. The molecule has 2 fully saturated rings. The van der Waals surface area contributed by atoms with Gasteiger partial charge in [0, 0.05) is 73.1 Å². The lowest BCUT2D eigenvalue weighted by molar-refractivity contribution is -0.137. The smallest absolute Gasteiger partial charge is 0.255 e. The highest BCUT2D eigenvalue weighted by molar-refractivity contribution is 6.05. The van der Waals surface area contributed by atoms with E-state index in [1.165, 1.54) is 11.1 Å². The molecule has 1 atom stereocenters. The molecule has 1 unspecified atom stereocenters. The maximum absolute atomic E-state index is 13.5. The molecule has 7 rings (SSSR count). The summed E-state index contributed by atoms with van der Waals surface area (Å²) >= 11 is 0. The van der Waals surface area contributed by atoms with Crippen molar-refractivity contribution < 1.29 is 24.0 Å². The maximum atomic E-state index is 13.5. The highest BCUT2D eigenvalue weighted by Gasteiger charge is 2.39. The second-order valence-corrected chi connectivity index (χ2v) is 14.0. The second-order valence-electron chi connectivity index (χ2n) is 14.0. The van der Waals surface area contributed by atoms with E-state index in [0.717, 1.165) is 16.5 Å². The number of benzene rings is 1. The van der Waals surface area contributed by atoms with Gasteiger partial charge in [-0.3, -0.25) is 33.9 Å². The number of carbonyl (C=O) groups is 5. The largest absolute Gasteiger partial charge is 0.382 e. The third-order valence-electron chi connectivity index (χ3n) is 9.97. The van der Waals surface area contributed by atoms with Crippen molar-refractivity contribution in [3.63, 3.8) is 0 Å². The van der Waals surface area contributed by atoms with E-state index in [4.69, 9.17) is 0 Å². The predicted octanol–water partition coefficient (Wildman–Crippen LogP) is 3.48. The van der Waals surface area contributed by atoms with Crippen LogP contribution in [0.4, 0.5) is 5.69 Å². The summed E-state index contributed by atoms with van der Waals surface area (Å²) in [6.45, 7) is 4.57. The molecule has 5 heterocycles. The number of nitrogens with zero attached hydrogens (tertiary/aromatic N) is 5. The van der Waals surface area contributed by atoms with Gasteiger partial charge in [0.05, 0.1) is 16.8 Å². The van der Waals surface area contributed by atoms with Crippen LogP contribution in [0.1, 0.15) is 89.8 Å². The molecule has 3 aromatic heterocycles. The first kappa shape index (κ1) is 34.4. The molecule has 0 spiro atoms. The van der Waals surface area contributed by atoms with Crippen molar-refractivity contribution in [2.24, 2.45) is 5.92 Å². The van der Waals surface area contributed by atoms with Crippen LogP contribution in [-0.2, 0) is 27.5 Å². The van der Waals surface area contributed by atoms with Crippen LogP contribution in [0.2, 0.25) is 0 Å². The van der Waals surface area contributed by atoms with Gasteiger partial charge in [0.25, 0.3) is 11.8 Å². The van der Waals surface area contributed by atoms with E-state index in [0.29, 0.717) is 72.5 Å². The summed E-state index contributed by atoms with van der Waals surface area (Å²) in [6, 6.07) is 12.3. The average molecular weight is 702 g/mol. The Morgan fingerprint density at radius 3 is 2.58 bits per heavy atom. The number of imide groups is 1. The number of nitriles is 1. The predicted molar refractivity (Wildman–Crippen MR) is 190 cm³/mol. The number of pyridine rings is 2. The lowest BCUT2D eigenvalue weighted by Gasteiger charge is -2.29. The topological polar surface area (TPSA) is 191 Å². The van der Waals surface area contributed by atoms with Gasteiger partial charge in [-0.2, -0.15) is 5.26 Å². The van der Waals surface area contributed by atoms with Crippen molar-refractivity contribution >= 4 is 46.3 Å². The van der Waals surface area contributed by atoms with E-state index in [1.54, 1.807) is 18.3 Å². The third-order valence-corrected chi connectivity index (χ3v) is 9.97. The number of fused-ring (bicyclic) bond motifs is 2. The highest BCUT2D eigenvalue weighted by atomic mass is 16.2. The summed E-state index contributed by atoms with van der Waals surface area (Å²) in [4.78, 5) is 74.1. The number of hydrogen-bond donors (Lipinski definition) is 4.